The van der Waals surface area contributed by atoms with Gasteiger partial charge >= 0.3 is 0 Å². The second-order valence-electron chi connectivity index (χ2n) is 2.97. The summed E-state index contributed by atoms with van der Waals surface area (Å²) in [5, 5.41) is 0. The Kier molecular flexibility index (Phi) is 12.2. The molecule has 0 bridgehead atoms. The van der Waals surface area contributed by atoms with Crippen LogP contribution in [-0.4, -0.2) is 19.8 Å². The normalized spacial score (nSPS) is 10.2. The summed E-state index contributed by atoms with van der Waals surface area (Å²) in [6, 6.07) is 0. The van der Waals surface area contributed by atoms with Crippen molar-refractivity contribution in [3.63, 3.8) is 0 Å². The fourth-order valence-electron chi connectivity index (χ4n) is 0.998. The van der Waals surface area contributed by atoms with E-state index in [1.165, 1.54) is 6.42 Å². The van der Waals surface area contributed by atoms with Crippen LogP contribution in [0.4, 0.5) is 0 Å². The summed E-state index contributed by atoms with van der Waals surface area (Å²) >= 11 is 0. The third-order valence-corrected chi connectivity index (χ3v) is 1.98. The van der Waals surface area contributed by atoms with E-state index >= 15 is 0 Å². The average molecular weight is 204 g/mol. The largest absolute Gasteiger partial charge is 0.381 e. The van der Waals surface area contributed by atoms with Crippen LogP contribution in [0.2, 0.25) is 0 Å². The summed E-state index contributed by atoms with van der Waals surface area (Å²) < 4.78 is 10.3. The van der Waals surface area contributed by atoms with Gasteiger partial charge in [0.15, 0.2) is 0 Å². The van der Waals surface area contributed by atoms with Crippen molar-refractivity contribution in [3.8, 4) is 0 Å². The fraction of sp³-hybridized carbons (Fsp3) is 0.800. The van der Waals surface area contributed by atoms with Crippen molar-refractivity contribution in [1.29, 1.82) is 0 Å². The molecule has 1 unspecified atom stereocenters. The molecule has 2 nitrogen and oxygen atoms in total. The molecule has 0 saturated heterocycles. The highest BCUT2D eigenvalue weighted by atomic mass is 31.0. The van der Waals surface area contributed by atoms with Crippen LogP contribution in [-0.2, 0) is 9.26 Å². The van der Waals surface area contributed by atoms with E-state index in [4.69, 9.17) is 9.26 Å². The second-order valence-corrected chi connectivity index (χ2v) is 3.31. The van der Waals surface area contributed by atoms with Crippen LogP contribution in [0, 0.1) is 0 Å². The Hall–Kier alpha value is 0.0900. The first-order chi connectivity index (χ1) is 6.41. The van der Waals surface area contributed by atoms with Crippen LogP contribution in [0.3, 0.4) is 0 Å². The molecular formula is C10H21O2P. The molecule has 0 aromatic rings. The molecule has 0 fully saturated rings. The zero-order valence-electron chi connectivity index (χ0n) is 8.34. The van der Waals surface area contributed by atoms with Crippen molar-refractivity contribution in [3.05, 3.63) is 12.7 Å². The van der Waals surface area contributed by atoms with E-state index in [9.17, 15) is 0 Å². The minimum Gasteiger partial charge on any atom is -0.381 e. The first kappa shape index (κ1) is 13.1. The van der Waals surface area contributed by atoms with E-state index in [0.717, 1.165) is 45.5 Å². The molecule has 0 aliphatic rings. The summed E-state index contributed by atoms with van der Waals surface area (Å²) in [4.78, 5) is 0. The minimum absolute atomic E-state index is 0.834. The molecule has 0 amide bonds. The lowest BCUT2D eigenvalue weighted by Gasteiger charge is -2.02. The van der Waals surface area contributed by atoms with E-state index in [-0.39, 0.29) is 0 Å². The summed E-state index contributed by atoms with van der Waals surface area (Å²) in [7, 11) is 2.27. The molecule has 3 heteroatoms. The number of unbranched alkanes of at least 4 members (excludes halogenated alkanes) is 3. The van der Waals surface area contributed by atoms with Gasteiger partial charge in [0.2, 0.25) is 0 Å². The third-order valence-electron chi connectivity index (χ3n) is 1.75. The van der Waals surface area contributed by atoms with Gasteiger partial charge in [-0.2, -0.15) is 0 Å². The molecule has 78 valence electrons. The maximum absolute atomic E-state index is 5.42. The maximum Gasteiger partial charge on any atom is 0.0501 e. The van der Waals surface area contributed by atoms with Gasteiger partial charge < -0.3 is 9.26 Å². The van der Waals surface area contributed by atoms with E-state index in [2.05, 4.69) is 16.0 Å². The molecule has 0 rings (SSSR count). The quantitative estimate of drug-likeness (QED) is 0.309. The lowest BCUT2D eigenvalue weighted by atomic mass is 10.2. The Morgan fingerprint density at radius 2 is 1.69 bits per heavy atom. The molecule has 0 radical (unpaired) electrons. The zero-order valence-corrected chi connectivity index (χ0v) is 9.49. The van der Waals surface area contributed by atoms with Gasteiger partial charge in [-0.3, -0.25) is 0 Å². The number of hydrogen-bond donors (Lipinski definition) is 0. The van der Waals surface area contributed by atoms with Gasteiger partial charge in [0.1, 0.15) is 0 Å². The Labute approximate surface area is 84.0 Å². The van der Waals surface area contributed by atoms with Crippen LogP contribution >= 0.6 is 9.47 Å². The van der Waals surface area contributed by atoms with Crippen LogP contribution in [0.25, 0.3) is 0 Å². The van der Waals surface area contributed by atoms with Crippen LogP contribution in [0.1, 0.15) is 32.1 Å². The van der Waals surface area contributed by atoms with Crippen molar-refractivity contribution >= 4 is 9.47 Å². The van der Waals surface area contributed by atoms with Crippen molar-refractivity contribution < 1.29 is 9.26 Å². The average Bonchev–Trinajstić information content (AvgIpc) is 2.16. The Morgan fingerprint density at radius 1 is 1.00 bits per heavy atom. The highest BCUT2D eigenvalue weighted by molar-refractivity contribution is 7.09. The highest BCUT2D eigenvalue weighted by Gasteiger charge is 1.90. The SMILES string of the molecule is C=CCCCOCCCCCOP. The highest BCUT2D eigenvalue weighted by Crippen LogP contribution is 1.99. The minimum atomic E-state index is 0.834. The van der Waals surface area contributed by atoms with Crippen molar-refractivity contribution in [2.75, 3.05) is 19.8 Å². The van der Waals surface area contributed by atoms with Crippen molar-refractivity contribution in [2.24, 2.45) is 0 Å². The summed E-state index contributed by atoms with van der Waals surface area (Å²) in [6.07, 6.45) is 7.54. The Balaban J connectivity index is 2.79. The van der Waals surface area contributed by atoms with Gasteiger partial charge in [0.25, 0.3) is 0 Å². The molecule has 0 aliphatic carbocycles. The van der Waals surface area contributed by atoms with Crippen molar-refractivity contribution in [1.82, 2.24) is 0 Å². The first-order valence-corrected chi connectivity index (χ1v) is 5.39. The predicted octanol–water partition coefficient (Wildman–Crippen LogP) is 2.95. The van der Waals surface area contributed by atoms with E-state index in [1.807, 2.05) is 6.08 Å². The van der Waals surface area contributed by atoms with Gasteiger partial charge in [0, 0.05) is 22.7 Å². The maximum atomic E-state index is 5.42. The third kappa shape index (κ3) is 12.1. The fourth-order valence-corrected chi connectivity index (χ4v) is 1.16. The van der Waals surface area contributed by atoms with E-state index in [0.29, 0.717) is 0 Å². The summed E-state index contributed by atoms with van der Waals surface area (Å²) in [5.41, 5.74) is 0. The first-order valence-electron chi connectivity index (χ1n) is 4.92. The van der Waals surface area contributed by atoms with Gasteiger partial charge in [-0.25, -0.2) is 0 Å². The topological polar surface area (TPSA) is 18.5 Å². The standard InChI is InChI=1S/C10H21O2P/c1-2-3-5-8-11-9-6-4-7-10-12-13/h2H,1,3-10,13H2. The van der Waals surface area contributed by atoms with Crippen LogP contribution in [0.15, 0.2) is 12.7 Å². The van der Waals surface area contributed by atoms with E-state index in [1.54, 1.807) is 0 Å². The Morgan fingerprint density at radius 3 is 2.38 bits per heavy atom. The molecule has 13 heavy (non-hydrogen) atoms. The molecule has 0 heterocycles. The Bertz CT molecular complexity index is 107. The van der Waals surface area contributed by atoms with E-state index < -0.39 is 0 Å². The lowest BCUT2D eigenvalue weighted by molar-refractivity contribution is 0.127. The number of hydrogen-bond acceptors (Lipinski definition) is 2. The number of rotatable bonds is 10. The molecule has 0 aromatic carbocycles. The van der Waals surface area contributed by atoms with Crippen LogP contribution in [0.5, 0.6) is 0 Å². The van der Waals surface area contributed by atoms with Gasteiger partial charge in [-0.15, -0.1) is 6.58 Å². The molecule has 1 atom stereocenters. The summed E-state index contributed by atoms with van der Waals surface area (Å²) in [6.45, 7) is 6.24. The molecule has 0 saturated carbocycles. The lowest BCUT2D eigenvalue weighted by Crippen LogP contribution is -1.97. The van der Waals surface area contributed by atoms with Crippen molar-refractivity contribution in [2.45, 2.75) is 32.1 Å². The van der Waals surface area contributed by atoms with Gasteiger partial charge in [0.05, 0.1) is 6.61 Å². The second kappa shape index (κ2) is 12.1. The molecule has 0 aliphatic heterocycles. The number of allylic oxidation sites excluding steroid dienone is 1. The zero-order chi connectivity index (χ0) is 9.78. The molecule has 0 N–H and O–H groups in total. The smallest absolute Gasteiger partial charge is 0.0501 e. The molecule has 0 aromatic heterocycles. The molecular weight excluding hydrogens is 183 g/mol. The number of ether oxygens (including phenoxy) is 1. The monoisotopic (exact) mass is 204 g/mol. The molecule has 0 spiro atoms. The van der Waals surface area contributed by atoms with Gasteiger partial charge in [-0.05, 0) is 32.1 Å². The van der Waals surface area contributed by atoms with Crippen LogP contribution < -0.4 is 0 Å². The predicted molar refractivity (Wildman–Crippen MR) is 59.8 cm³/mol. The van der Waals surface area contributed by atoms with Gasteiger partial charge in [-0.1, -0.05) is 6.08 Å². The summed E-state index contributed by atoms with van der Waals surface area (Å²) in [5.74, 6) is 0.